The molecule has 6 atom stereocenters. The molecule has 0 aromatic heterocycles. The number of carbonyl (C=O) groups is 1. The van der Waals surface area contributed by atoms with Gasteiger partial charge in [-0.15, -0.1) is 0 Å². The average Bonchev–Trinajstić information content (AvgIpc) is 2.94. The third kappa shape index (κ3) is 7.75. The highest BCUT2D eigenvalue weighted by molar-refractivity contribution is 5.69. The molecule has 2 fully saturated rings. The fourth-order valence-electron chi connectivity index (χ4n) is 4.87. The molecule has 1 aromatic rings. The maximum atomic E-state index is 13.7. The van der Waals surface area contributed by atoms with Gasteiger partial charge < -0.3 is 24.4 Å². The Balaban J connectivity index is 1.47. The molecule has 3 rings (SSSR count). The number of aliphatic hydroxyl groups is 2. The van der Waals surface area contributed by atoms with E-state index in [0.29, 0.717) is 25.4 Å². The van der Waals surface area contributed by atoms with Gasteiger partial charge in [-0.05, 0) is 63.5 Å². The molecule has 1 saturated heterocycles. The predicted octanol–water partition coefficient (Wildman–Crippen LogP) is 4.17. The smallest absolute Gasteiger partial charge is 0.306 e. The second-order valence-corrected chi connectivity index (χ2v) is 9.63. The van der Waals surface area contributed by atoms with Gasteiger partial charge in [-0.1, -0.05) is 12.2 Å². The standard InChI is InChI=1S/C26H36F2O6/c1-16(2)34-26(31)5-3-4-17-6-9-21-20(23(30)13-24(21)32-14-17)10-8-19(29)15-33-25-12-18(27)7-11-22(25)28/h7-8,10-12,16-17,19-21,23-24,29-30H,3-6,9,13-15H2,1-2H3/b10-8+/t17-,19+,20+,21+,23-,24-/m0/s1. The molecule has 2 N–H and O–H groups in total. The average molecular weight is 483 g/mol. The Bertz CT molecular complexity index is 830. The summed E-state index contributed by atoms with van der Waals surface area (Å²) in [4.78, 5) is 11.7. The molecular weight excluding hydrogens is 446 g/mol. The van der Waals surface area contributed by atoms with Gasteiger partial charge in [0.2, 0.25) is 0 Å². The maximum absolute atomic E-state index is 13.7. The lowest BCUT2D eigenvalue weighted by atomic mass is 9.86. The molecule has 8 heteroatoms. The fourth-order valence-corrected chi connectivity index (χ4v) is 4.87. The lowest BCUT2D eigenvalue weighted by molar-refractivity contribution is -0.147. The first-order valence-corrected chi connectivity index (χ1v) is 12.2. The van der Waals surface area contributed by atoms with Gasteiger partial charge in [0.05, 0.1) is 18.3 Å². The van der Waals surface area contributed by atoms with Crippen molar-refractivity contribution in [3.05, 3.63) is 42.0 Å². The van der Waals surface area contributed by atoms with Gasteiger partial charge in [0.25, 0.3) is 0 Å². The van der Waals surface area contributed by atoms with Crippen molar-refractivity contribution in [3.8, 4) is 5.75 Å². The summed E-state index contributed by atoms with van der Waals surface area (Å²) in [6, 6.07) is 2.90. The van der Waals surface area contributed by atoms with E-state index in [-0.39, 0.29) is 42.4 Å². The molecule has 0 unspecified atom stereocenters. The van der Waals surface area contributed by atoms with Crippen LogP contribution in [0.15, 0.2) is 30.4 Å². The summed E-state index contributed by atoms with van der Waals surface area (Å²) in [6.45, 7) is 4.06. The Kier molecular flexibility index (Phi) is 9.85. The molecule has 1 aromatic carbocycles. The SMILES string of the molecule is CC(C)OC(=O)CCC[C@H]1CC[C@@H]2[C@@H](/C=C/[C@@H](O)COc3cc(F)ccc3F)[C@@H](O)C[C@@H]2OC1. The van der Waals surface area contributed by atoms with Crippen molar-refractivity contribution in [3.63, 3.8) is 0 Å². The highest BCUT2D eigenvalue weighted by atomic mass is 19.1. The van der Waals surface area contributed by atoms with Gasteiger partial charge in [0.15, 0.2) is 11.6 Å². The third-order valence-electron chi connectivity index (χ3n) is 6.56. The van der Waals surface area contributed by atoms with E-state index in [1.54, 1.807) is 6.08 Å². The molecule has 1 aliphatic heterocycles. The maximum Gasteiger partial charge on any atom is 0.306 e. The largest absolute Gasteiger partial charge is 0.487 e. The summed E-state index contributed by atoms with van der Waals surface area (Å²) in [5.41, 5.74) is 0. The van der Waals surface area contributed by atoms with Gasteiger partial charge in [0, 0.05) is 31.4 Å². The zero-order chi connectivity index (χ0) is 24.7. The minimum absolute atomic E-state index is 0.0460. The van der Waals surface area contributed by atoms with Crippen molar-refractivity contribution in [2.75, 3.05) is 13.2 Å². The molecule has 1 saturated carbocycles. The first-order valence-electron chi connectivity index (χ1n) is 12.2. The Morgan fingerprint density at radius 3 is 2.85 bits per heavy atom. The number of halogens is 2. The monoisotopic (exact) mass is 482 g/mol. The first-order chi connectivity index (χ1) is 16.2. The van der Waals surface area contributed by atoms with Crippen LogP contribution in [-0.4, -0.2) is 53.8 Å². The van der Waals surface area contributed by atoms with E-state index >= 15 is 0 Å². The van der Waals surface area contributed by atoms with Crippen LogP contribution in [0.5, 0.6) is 5.75 Å². The number of hydrogen-bond donors (Lipinski definition) is 2. The summed E-state index contributed by atoms with van der Waals surface area (Å²) in [5, 5.41) is 20.8. The van der Waals surface area contributed by atoms with Crippen LogP contribution in [-0.2, 0) is 14.3 Å². The van der Waals surface area contributed by atoms with Crippen molar-refractivity contribution in [1.82, 2.24) is 0 Å². The van der Waals surface area contributed by atoms with Gasteiger partial charge in [-0.25, -0.2) is 8.78 Å². The van der Waals surface area contributed by atoms with Crippen molar-refractivity contribution >= 4 is 5.97 Å². The number of hydrogen-bond acceptors (Lipinski definition) is 6. The zero-order valence-corrected chi connectivity index (χ0v) is 19.9. The fraction of sp³-hybridized carbons (Fsp3) is 0.654. The van der Waals surface area contributed by atoms with Crippen LogP contribution in [0.1, 0.15) is 52.4 Å². The molecule has 1 heterocycles. The van der Waals surface area contributed by atoms with Crippen molar-refractivity contribution < 1.29 is 38.0 Å². The Morgan fingerprint density at radius 1 is 1.29 bits per heavy atom. The molecule has 1 aliphatic carbocycles. The van der Waals surface area contributed by atoms with Crippen LogP contribution >= 0.6 is 0 Å². The third-order valence-corrected chi connectivity index (χ3v) is 6.56. The van der Waals surface area contributed by atoms with Crippen molar-refractivity contribution in [1.29, 1.82) is 0 Å². The van der Waals surface area contributed by atoms with E-state index in [0.717, 1.165) is 43.9 Å². The summed E-state index contributed by atoms with van der Waals surface area (Å²) in [6.07, 6.45) is 6.02. The van der Waals surface area contributed by atoms with Gasteiger partial charge in [-0.2, -0.15) is 0 Å². The number of aliphatic hydroxyl groups excluding tert-OH is 2. The zero-order valence-electron chi connectivity index (χ0n) is 19.9. The molecule has 6 nitrogen and oxygen atoms in total. The van der Waals surface area contributed by atoms with E-state index in [9.17, 15) is 23.8 Å². The van der Waals surface area contributed by atoms with E-state index in [1.165, 1.54) is 6.08 Å². The molecule has 0 amide bonds. The van der Waals surface area contributed by atoms with Crippen molar-refractivity contribution in [2.45, 2.75) is 76.8 Å². The normalized spacial score (nSPS) is 28.0. The molecular formula is C26H36F2O6. The lowest BCUT2D eigenvalue weighted by Crippen LogP contribution is -2.22. The van der Waals surface area contributed by atoms with Crippen LogP contribution in [0.2, 0.25) is 0 Å². The van der Waals surface area contributed by atoms with Gasteiger partial charge in [0.1, 0.15) is 18.5 Å². The number of fused-ring (bicyclic) bond motifs is 1. The summed E-state index contributed by atoms with van der Waals surface area (Å²) < 4.78 is 43.4. The molecule has 34 heavy (non-hydrogen) atoms. The van der Waals surface area contributed by atoms with Crippen LogP contribution in [0.3, 0.4) is 0 Å². The number of ether oxygens (including phenoxy) is 3. The van der Waals surface area contributed by atoms with Crippen LogP contribution < -0.4 is 4.74 Å². The number of carbonyl (C=O) groups excluding carboxylic acids is 1. The minimum Gasteiger partial charge on any atom is -0.487 e. The van der Waals surface area contributed by atoms with E-state index in [2.05, 4.69) is 0 Å². The van der Waals surface area contributed by atoms with E-state index in [1.807, 2.05) is 13.8 Å². The minimum atomic E-state index is -1.03. The highest BCUT2D eigenvalue weighted by Gasteiger charge is 2.43. The molecule has 0 spiro atoms. The van der Waals surface area contributed by atoms with Crippen LogP contribution in [0.4, 0.5) is 8.78 Å². The Morgan fingerprint density at radius 2 is 2.09 bits per heavy atom. The quantitative estimate of drug-likeness (QED) is 0.385. The molecule has 2 aliphatic rings. The second kappa shape index (κ2) is 12.6. The predicted molar refractivity (Wildman–Crippen MR) is 122 cm³/mol. The number of esters is 1. The lowest BCUT2D eigenvalue weighted by Gasteiger charge is -2.21. The topological polar surface area (TPSA) is 85.2 Å². The number of rotatable bonds is 10. The second-order valence-electron chi connectivity index (χ2n) is 9.63. The Labute approximate surface area is 199 Å². The molecule has 0 radical (unpaired) electrons. The van der Waals surface area contributed by atoms with E-state index in [4.69, 9.17) is 14.2 Å². The van der Waals surface area contributed by atoms with Crippen LogP contribution in [0.25, 0.3) is 0 Å². The Hall–Kier alpha value is -2.03. The molecule has 190 valence electrons. The van der Waals surface area contributed by atoms with Crippen LogP contribution in [0, 0.1) is 29.4 Å². The summed E-state index contributed by atoms with van der Waals surface area (Å²) in [7, 11) is 0. The van der Waals surface area contributed by atoms with Gasteiger partial charge >= 0.3 is 5.97 Å². The van der Waals surface area contributed by atoms with Crippen molar-refractivity contribution in [2.24, 2.45) is 17.8 Å². The van der Waals surface area contributed by atoms with E-state index < -0.39 is 23.8 Å². The molecule has 0 bridgehead atoms. The summed E-state index contributed by atoms with van der Waals surface area (Å²) in [5.74, 6) is -1.41. The highest BCUT2D eigenvalue weighted by Crippen LogP contribution is 2.42. The summed E-state index contributed by atoms with van der Waals surface area (Å²) >= 11 is 0. The first kappa shape index (κ1) is 26.6. The number of benzene rings is 1. The van der Waals surface area contributed by atoms with Gasteiger partial charge in [-0.3, -0.25) is 4.79 Å².